The van der Waals surface area contributed by atoms with Crippen molar-refractivity contribution in [3.05, 3.63) is 47.6 Å². The van der Waals surface area contributed by atoms with E-state index in [0.717, 1.165) is 6.54 Å². The highest BCUT2D eigenvalue weighted by molar-refractivity contribution is 6.30. The number of nitrogens with zero attached hydrogens (tertiary/aromatic N) is 3. The standard InChI is InChI=1S/C14H12ClFN4O/c1-2-17-12-8-20-6-5-18-13(20)14(19-12)21-9-3-4-10(15)11(16)7-9/h3-8,17H,2H2,1H3. The molecule has 0 unspecified atom stereocenters. The predicted octanol–water partition coefficient (Wildman–Crippen LogP) is 3.75. The predicted molar refractivity (Wildman–Crippen MR) is 78.6 cm³/mol. The molecule has 0 amide bonds. The summed E-state index contributed by atoms with van der Waals surface area (Å²) in [6.07, 6.45) is 5.23. The van der Waals surface area contributed by atoms with Gasteiger partial charge in [0.05, 0.1) is 11.2 Å². The van der Waals surface area contributed by atoms with E-state index < -0.39 is 5.82 Å². The Kier molecular flexibility index (Phi) is 3.62. The van der Waals surface area contributed by atoms with Crippen molar-refractivity contribution in [2.24, 2.45) is 0 Å². The first-order valence-corrected chi connectivity index (χ1v) is 6.75. The highest BCUT2D eigenvalue weighted by Crippen LogP contribution is 2.27. The fourth-order valence-corrected chi connectivity index (χ4v) is 2.01. The Morgan fingerprint density at radius 3 is 3.05 bits per heavy atom. The molecule has 2 aromatic heterocycles. The van der Waals surface area contributed by atoms with Gasteiger partial charge in [-0.2, -0.15) is 4.98 Å². The molecule has 0 saturated carbocycles. The van der Waals surface area contributed by atoms with Crippen LogP contribution in [0.1, 0.15) is 6.92 Å². The van der Waals surface area contributed by atoms with E-state index in [9.17, 15) is 4.39 Å². The lowest BCUT2D eigenvalue weighted by Gasteiger charge is -2.09. The number of rotatable bonds is 4. The van der Waals surface area contributed by atoms with Crippen molar-refractivity contribution in [2.75, 3.05) is 11.9 Å². The third-order valence-corrected chi connectivity index (χ3v) is 3.11. The first-order valence-electron chi connectivity index (χ1n) is 6.38. The summed E-state index contributed by atoms with van der Waals surface area (Å²) < 4.78 is 20.9. The molecule has 0 radical (unpaired) electrons. The topological polar surface area (TPSA) is 51.5 Å². The largest absolute Gasteiger partial charge is 0.436 e. The van der Waals surface area contributed by atoms with Crippen LogP contribution in [0.25, 0.3) is 5.65 Å². The van der Waals surface area contributed by atoms with Crippen LogP contribution in [0.2, 0.25) is 5.02 Å². The summed E-state index contributed by atoms with van der Waals surface area (Å²) in [5, 5.41) is 3.15. The first-order chi connectivity index (χ1) is 10.2. The van der Waals surface area contributed by atoms with Gasteiger partial charge in [-0.3, -0.25) is 4.40 Å². The second-order valence-electron chi connectivity index (χ2n) is 4.30. The Hall–Kier alpha value is -2.34. The van der Waals surface area contributed by atoms with Crippen molar-refractivity contribution >= 4 is 23.1 Å². The fourth-order valence-electron chi connectivity index (χ4n) is 1.89. The molecule has 0 spiro atoms. The number of hydrogen-bond donors (Lipinski definition) is 1. The van der Waals surface area contributed by atoms with Crippen LogP contribution in [0.15, 0.2) is 36.8 Å². The van der Waals surface area contributed by atoms with E-state index in [1.165, 1.54) is 12.1 Å². The number of benzene rings is 1. The maximum atomic E-state index is 13.5. The van der Waals surface area contributed by atoms with Crippen molar-refractivity contribution < 1.29 is 9.13 Å². The second-order valence-corrected chi connectivity index (χ2v) is 4.70. The summed E-state index contributed by atoms with van der Waals surface area (Å²) in [6, 6.07) is 4.22. The summed E-state index contributed by atoms with van der Waals surface area (Å²) in [6.45, 7) is 2.69. The number of anilines is 1. The fraction of sp³-hybridized carbons (Fsp3) is 0.143. The van der Waals surface area contributed by atoms with Crippen molar-refractivity contribution in [3.8, 4) is 11.6 Å². The van der Waals surface area contributed by atoms with Crippen molar-refractivity contribution in [1.82, 2.24) is 14.4 Å². The van der Waals surface area contributed by atoms with Gasteiger partial charge in [-0.05, 0) is 19.1 Å². The van der Waals surface area contributed by atoms with Crippen LogP contribution < -0.4 is 10.1 Å². The molecule has 0 aliphatic carbocycles. The molecule has 7 heteroatoms. The number of imidazole rings is 1. The zero-order valence-electron chi connectivity index (χ0n) is 11.2. The molecule has 5 nitrogen and oxygen atoms in total. The van der Waals surface area contributed by atoms with Gasteiger partial charge in [0.1, 0.15) is 17.4 Å². The normalized spacial score (nSPS) is 10.8. The van der Waals surface area contributed by atoms with Gasteiger partial charge in [0.2, 0.25) is 5.65 Å². The molecule has 0 saturated heterocycles. The summed E-state index contributed by atoms with van der Waals surface area (Å²) in [5.41, 5.74) is 0.548. The average Bonchev–Trinajstić information content (AvgIpc) is 2.92. The van der Waals surface area contributed by atoms with E-state index in [0.29, 0.717) is 23.1 Å². The van der Waals surface area contributed by atoms with Crippen molar-refractivity contribution in [1.29, 1.82) is 0 Å². The lowest BCUT2D eigenvalue weighted by molar-refractivity contribution is 0.461. The van der Waals surface area contributed by atoms with Gasteiger partial charge >= 0.3 is 0 Å². The van der Waals surface area contributed by atoms with E-state index in [1.807, 2.05) is 6.92 Å². The molecule has 0 fully saturated rings. The molecule has 1 N–H and O–H groups in total. The Bertz CT molecular complexity index is 790. The molecule has 3 rings (SSSR count). The minimum Gasteiger partial charge on any atom is -0.436 e. The van der Waals surface area contributed by atoms with Crippen LogP contribution in [0, 0.1) is 5.82 Å². The number of hydrogen-bond acceptors (Lipinski definition) is 4. The summed E-state index contributed by atoms with van der Waals surface area (Å²) >= 11 is 5.66. The third-order valence-electron chi connectivity index (χ3n) is 2.81. The SMILES string of the molecule is CCNc1cn2ccnc2c(Oc2ccc(Cl)c(F)c2)n1. The molecule has 0 aliphatic rings. The lowest BCUT2D eigenvalue weighted by atomic mass is 10.3. The van der Waals surface area contributed by atoms with Crippen LogP contribution in [-0.4, -0.2) is 20.9 Å². The van der Waals surface area contributed by atoms with Gasteiger partial charge in [-0.25, -0.2) is 9.37 Å². The lowest BCUT2D eigenvalue weighted by Crippen LogP contribution is -2.03. The van der Waals surface area contributed by atoms with Gasteiger partial charge < -0.3 is 10.1 Å². The molecular formula is C14H12ClFN4O. The van der Waals surface area contributed by atoms with Gasteiger partial charge in [0.15, 0.2) is 0 Å². The molecule has 2 heterocycles. The maximum Gasteiger partial charge on any atom is 0.265 e. The van der Waals surface area contributed by atoms with Crippen LogP contribution in [0.3, 0.4) is 0 Å². The summed E-state index contributed by atoms with van der Waals surface area (Å²) in [4.78, 5) is 8.52. The minimum absolute atomic E-state index is 0.0441. The van der Waals surface area contributed by atoms with E-state index >= 15 is 0 Å². The van der Waals surface area contributed by atoms with Crippen LogP contribution in [0.4, 0.5) is 10.2 Å². The maximum absolute atomic E-state index is 13.5. The van der Waals surface area contributed by atoms with Crippen LogP contribution in [-0.2, 0) is 0 Å². The molecule has 0 bridgehead atoms. The number of fused-ring (bicyclic) bond motifs is 1. The first kappa shape index (κ1) is 13.6. The Morgan fingerprint density at radius 1 is 1.43 bits per heavy atom. The van der Waals surface area contributed by atoms with Crippen LogP contribution >= 0.6 is 11.6 Å². The Balaban J connectivity index is 2.01. The zero-order valence-corrected chi connectivity index (χ0v) is 11.9. The third kappa shape index (κ3) is 2.75. The van der Waals surface area contributed by atoms with E-state index in [-0.39, 0.29) is 5.02 Å². The molecule has 108 valence electrons. The zero-order chi connectivity index (χ0) is 14.8. The Morgan fingerprint density at radius 2 is 2.29 bits per heavy atom. The van der Waals surface area contributed by atoms with Crippen LogP contribution in [0.5, 0.6) is 11.6 Å². The molecular weight excluding hydrogens is 295 g/mol. The average molecular weight is 307 g/mol. The van der Waals surface area contributed by atoms with Gasteiger partial charge in [0.25, 0.3) is 5.88 Å². The number of aromatic nitrogens is 3. The number of ether oxygens (including phenoxy) is 1. The monoisotopic (exact) mass is 306 g/mol. The van der Waals surface area contributed by atoms with Crippen molar-refractivity contribution in [2.45, 2.75) is 6.92 Å². The molecule has 3 aromatic rings. The van der Waals surface area contributed by atoms with Gasteiger partial charge in [0, 0.05) is 25.0 Å². The van der Waals surface area contributed by atoms with E-state index in [1.54, 1.807) is 29.1 Å². The van der Waals surface area contributed by atoms with Gasteiger partial charge in [-0.15, -0.1) is 0 Å². The summed E-state index contributed by atoms with van der Waals surface area (Å²) in [7, 11) is 0. The van der Waals surface area contributed by atoms with Gasteiger partial charge in [-0.1, -0.05) is 11.6 Å². The quantitative estimate of drug-likeness (QED) is 0.797. The second kappa shape index (κ2) is 5.57. The van der Waals surface area contributed by atoms with Crippen molar-refractivity contribution in [3.63, 3.8) is 0 Å². The molecule has 21 heavy (non-hydrogen) atoms. The molecule has 0 atom stereocenters. The Labute approximate surface area is 125 Å². The molecule has 1 aromatic carbocycles. The highest BCUT2D eigenvalue weighted by Gasteiger charge is 2.11. The number of halogens is 2. The smallest absolute Gasteiger partial charge is 0.265 e. The number of nitrogens with one attached hydrogen (secondary N) is 1. The van der Waals surface area contributed by atoms with E-state index in [2.05, 4.69) is 15.3 Å². The summed E-state index contributed by atoms with van der Waals surface area (Å²) in [5.74, 6) is 0.701. The molecule has 0 aliphatic heterocycles. The van der Waals surface area contributed by atoms with E-state index in [4.69, 9.17) is 16.3 Å². The highest BCUT2D eigenvalue weighted by atomic mass is 35.5. The minimum atomic E-state index is -0.545.